The van der Waals surface area contributed by atoms with Gasteiger partial charge in [-0.3, -0.25) is 9.78 Å². The fourth-order valence-corrected chi connectivity index (χ4v) is 3.45. The number of methoxy groups -OCH3 is 3. The molecule has 0 radical (unpaired) electrons. The van der Waals surface area contributed by atoms with E-state index in [4.69, 9.17) is 14.2 Å². The highest BCUT2D eigenvalue weighted by atomic mass is 16.5. The van der Waals surface area contributed by atoms with E-state index < -0.39 is 0 Å². The number of piperidine rings is 1. The van der Waals surface area contributed by atoms with Crippen LogP contribution in [0.15, 0.2) is 36.5 Å². The summed E-state index contributed by atoms with van der Waals surface area (Å²) < 4.78 is 15.9. The van der Waals surface area contributed by atoms with Crippen LogP contribution >= 0.6 is 0 Å². The van der Waals surface area contributed by atoms with Crippen molar-refractivity contribution < 1.29 is 19.0 Å². The quantitative estimate of drug-likeness (QED) is 0.781. The van der Waals surface area contributed by atoms with Crippen molar-refractivity contribution in [1.82, 2.24) is 9.88 Å². The number of nitrogens with zero attached hydrogens (tertiary/aromatic N) is 2. The molecular weight excluding hydrogens is 344 g/mol. The van der Waals surface area contributed by atoms with E-state index in [1.54, 1.807) is 27.5 Å². The maximum absolute atomic E-state index is 12.8. The lowest BCUT2D eigenvalue weighted by molar-refractivity contribution is 0.0570. The Balaban J connectivity index is 1.76. The number of amides is 1. The third kappa shape index (κ3) is 4.57. The molecule has 0 spiro atoms. The number of hydrogen-bond acceptors (Lipinski definition) is 5. The zero-order chi connectivity index (χ0) is 19.2. The van der Waals surface area contributed by atoms with E-state index in [0.29, 0.717) is 29.6 Å². The second kappa shape index (κ2) is 8.86. The van der Waals surface area contributed by atoms with E-state index in [-0.39, 0.29) is 5.91 Å². The molecule has 1 amide bonds. The molecule has 27 heavy (non-hydrogen) atoms. The van der Waals surface area contributed by atoms with Gasteiger partial charge in [0, 0.05) is 38.0 Å². The second-order valence-corrected chi connectivity index (χ2v) is 6.75. The van der Waals surface area contributed by atoms with Crippen LogP contribution in [0, 0.1) is 5.92 Å². The molecule has 6 heteroatoms. The number of pyridine rings is 1. The Hall–Kier alpha value is -2.60. The minimum Gasteiger partial charge on any atom is -0.497 e. The van der Waals surface area contributed by atoms with Crippen LogP contribution in [0.5, 0.6) is 11.5 Å². The first-order chi connectivity index (χ1) is 13.1. The van der Waals surface area contributed by atoms with E-state index in [1.165, 1.54) is 0 Å². The van der Waals surface area contributed by atoms with Gasteiger partial charge < -0.3 is 19.1 Å². The minimum atomic E-state index is 0.0260. The lowest BCUT2D eigenvalue weighted by Gasteiger charge is -2.32. The van der Waals surface area contributed by atoms with Crippen LogP contribution in [0.2, 0.25) is 0 Å². The van der Waals surface area contributed by atoms with Crippen LogP contribution in [0.4, 0.5) is 0 Å². The van der Waals surface area contributed by atoms with Gasteiger partial charge in [0.2, 0.25) is 0 Å². The van der Waals surface area contributed by atoms with Crippen LogP contribution in [0.1, 0.15) is 23.2 Å². The molecule has 1 aromatic carbocycles. The summed E-state index contributed by atoms with van der Waals surface area (Å²) in [6, 6.07) is 9.29. The fourth-order valence-electron chi connectivity index (χ4n) is 3.45. The van der Waals surface area contributed by atoms with E-state index in [9.17, 15) is 4.79 Å². The second-order valence-electron chi connectivity index (χ2n) is 6.75. The van der Waals surface area contributed by atoms with Gasteiger partial charge in [0.05, 0.1) is 32.1 Å². The largest absolute Gasteiger partial charge is 0.497 e. The lowest BCUT2D eigenvalue weighted by Crippen LogP contribution is -2.41. The molecule has 0 unspecified atom stereocenters. The molecule has 0 bridgehead atoms. The SMILES string of the molecule is COC[C@@H]1CCCN(C(=O)c2ccc(-c3cc(OC)cc(OC)c3)nc2)C1. The standard InChI is InChI=1S/C21H26N2O4/c1-25-14-15-5-4-8-23(13-15)21(24)16-6-7-20(22-12-16)17-9-18(26-2)11-19(10-17)27-3/h6-7,9-12,15H,4-5,8,13-14H2,1-3H3/t15-/m1/s1. The fraction of sp³-hybridized carbons (Fsp3) is 0.429. The van der Waals surface area contributed by atoms with Crippen molar-refractivity contribution in [2.45, 2.75) is 12.8 Å². The molecule has 1 saturated heterocycles. The normalized spacial score (nSPS) is 16.9. The van der Waals surface area contributed by atoms with Crippen molar-refractivity contribution >= 4 is 5.91 Å². The van der Waals surface area contributed by atoms with Gasteiger partial charge in [0.25, 0.3) is 5.91 Å². The zero-order valence-corrected chi connectivity index (χ0v) is 16.1. The molecule has 1 fully saturated rings. The number of carbonyl (C=O) groups is 1. The van der Waals surface area contributed by atoms with E-state index >= 15 is 0 Å². The molecule has 1 aliphatic heterocycles. The van der Waals surface area contributed by atoms with Gasteiger partial charge >= 0.3 is 0 Å². The third-order valence-corrected chi connectivity index (χ3v) is 4.87. The lowest BCUT2D eigenvalue weighted by atomic mass is 9.98. The van der Waals surface area contributed by atoms with E-state index in [0.717, 1.165) is 37.2 Å². The van der Waals surface area contributed by atoms with Crippen LogP contribution in [0.25, 0.3) is 11.3 Å². The van der Waals surface area contributed by atoms with E-state index in [2.05, 4.69) is 4.98 Å². The number of benzene rings is 1. The van der Waals surface area contributed by atoms with Crippen molar-refractivity contribution in [3.63, 3.8) is 0 Å². The van der Waals surface area contributed by atoms with Crippen LogP contribution in [-0.2, 0) is 4.74 Å². The molecule has 1 atom stereocenters. The predicted octanol–water partition coefficient (Wildman–Crippen LogP) is 3.26. The first kappa shape index (κ1) is 19.2. The summed E-state index contributed by atoms with van der Waals surface area (Å²) in [5.41, 5.74) is 2.25. The van der Waals surface area contributed by atoms with Gasteiger partial charge in [0.1, 0.15) is 11.5 Å². The van der Waals surface area contributed by atoms with Crippen molar-refractivity contribution in [2.75, 3.05) is 41.0 Å². The maximum atomic E-state index is 12.8. The first-order valence-electron chi connectivity index (χ1n) is 9.12. The number of ether oxygens (including phenoxy) is 3. The zero-order valence-electron chi connectivity index (χ0n) is 16.1. The predicted molar refractivity (Wildman–Crippen MR) is 103 cm³/mol. The molecule has 0 N–H and O–H groups in total. The molecule has 1 aromatic heterocycles. The van der Waals surface area contributed by atoms with Crippen molar-refractivity contribution in [3.05, 3.63) is 42.1 Å². The average Bonchev–Trinajstić information content (AvgIpc) is 2.73. The molecule has 2 heterocycles. The molecule has 6 nitrogen and oxygen atoms in total. The highest BCUT2D eigenvalue weighted by Crippen LogP contribution is 2.29. The molecule has 144 valence electrons. The summed E-state index contributed by atoms with van der Waals surface area (Å²) in [6.07, 6.45) is 3.75. The van der Waals surface area contributed by atoms with Crippen molar-refractivity contribution in [1.29, 1.82) is 0 Å². The summed E-state index contributed by atoms with van der Waals surface area (Å²) in [5, 5.41) is 0. The van der Waals surface area contributed by atoms with Gasteiger partial charge in [-0.2, -0.15) is 0 Å². The van der Waals surface area contributed by atoms with Gasteiger partial charge in [-0.1, -0.05) is 0 Å². The van der Waals surface area contributed by atoms with Gasteiger partial charge in [-0.15, -0.1) is 0 Å². The topological polar surface area (TPSA) is 60.9 Å². The Morgan fingerprint density at radius 2 is 1.89 bits per heavy atom. The Morgan fingerprint density at radius 1 is 1.15 bits per heavy atom. The van der Waals surface area contributed by atoms with Crippen LogP contribution in [0.3, 0.4) is 0 Å². The van der Waals surface area contributed by atoms with Crippen LogP contribution < -0.4 is 9.47 Å². The monoisotopic (exact) mass is 370 g/mol. The minimum absolute atomic E-state index is 0.0260. The summed E-state index contributed by atoms with van der Waals surface area (Å²) in [5.74, 6) is 1.83. The third-order valence-electron chi connectivity index (χ3n) is 4.87. The molecule has 0 aliphatic carbocycles. The Labute approximate surface area is 160 Å². The maximum Gasteiger partial charge on any atom is 0.255 e. The Bertz CT molecular complexity index is 752. The Morgan fingerprint density at radius 3 is 2.48 bits per heavy atom. The number of carbonyl (C=O) groups excluding carboxylic acids is 1. The number of rotatable bonds is 6. The number of likely N-dealkylation sites (tertiary alicyclic amines) is 1. The van der Waals surface area contributed by atoms with Gasteiger partial charge in [0.15, 0.2) is 0 Å². The van der Waals surface area contributed by atoms with E-state index in [1.807, 2.05) is 35.2 Å². The number of hydrogen-bond donors (Lipinski definition) is 0. The van der Waals surface area contributed by atoms with Crippen molar-refractivity contribution in [3.8, 4) is 22.8 Å². The first-order valence-corrected chi connectivity index (χ1v) is 9.12. The molecule has 0 saturated carbocycles. The van der Waals surface area contributed by atoms with Crippen molar-refractivity contribution in [2.24, 2.45) is 5.92 Å². The summed E-state index contributed by atoms with van der Waals surface area (Å²) in [4.78, 5) is 19.2. The van der Waals surface area contributed by atoms with Crippen LogP contribution in [-0.4, -0.2) is 56.8 Å². The average molecular weight is 370 g/mol. The highest BCUT2D eigenvalue weighted by molar-refractivity contribution is 5.94. The Kier molecular flexibility index (Phi) is 6.29. The molecule has 2 aromatic rings. The summed E-state index contributed by atoms with van der Waals surface area (Å²) >= 11 is 0. The number of aromatic nitrogens is 1. The molecule has 3 rings (SSSR count). The summed E-state index contributed by atoms with van der Waals surface area (Å²) in [6.45, 7) is 2.22. The van der Waals surface area contributed by atoms with Gasteiger partial charge in [-0.25, -0.2) is 0 Å². The highest BCUT2D eigenvalue weighted by Gasteiger charge is 2.24. The molecular formula is C21H26N2O4. The smallest absolute Gasteiger partial charge is 0.255 e. The van der Waals surface area contributed by atoms with Gasteiger partial charge in [-0.05, 0) is 43.0 Å². The summed E-state index contributed by atoms with van der Waals surface area (Å²) in [7, 11) is 4.93. The molecule has 1 aliphatic rings.